The fraction of sp³-hybridized carbons (Fsp3) is 0. The maximum Gasteiger partial charge on any atom is 0.167 e. The molecule has 1 aromatic heterocycles. The molecule has 0 spiro atoms. The normalized spacial score (nSPS) is 16.5. The van der Waals surface area contributed by atoms with Crippen LogP contribution in [0.4, 0.5) is 13.2 Å². The Balaban J connectivity index is 2.07. The van der Waals surface area contributed by atoms with Gasteiger partial charge in [-0.25, -0.2) is 13.2 Å². The van der Waals surface area contributed by atoms with Crippen LogP contribution >= 0.6 is 0 Å². The van der Waals surface area contributed by atoms with Gasteiger partial charge in [0.05, 0.1) is 11.8 Å². The highest BCUT2D eigenvalue weighted by Gasteiger charge is 2.40. The lowest BCUT2D eigenvalue weighted by Gasteiger charge is -2.12. The Morgan fingerprint density at radius 2 is 1.52 bits per heavy atom. The quantitative estimate of drug-likeness (QED) is 0.262. The summed E-state index contributed by atoms with van der Waals surface area (Å²) in [6.07, 6.45) is 2.57. The number of fused-ring (bicyclic) bond motifs is 4. The third-order valence-corrected chi connectivity index (χ3v) is 5.67. The zero-order valence-corrected chi connectivity index (χ0v) is 16.6. The molecule has 0 unspecified atom stereocenters. The minimum absolute atomic E-state index is 0.104. The van der Waals surface area contributed by atoms with Crippen molar-refractivity contribution in [3.63, 3.8) is 0 Å². The third-order valence-electron chi connectivity index (χ3n) is 5.67. The molecule has 0 N–H and O–H groups in total. The number of pyridine rings is 1. The minimum Gasteiger partial charge on any atom is -0.256 e. The van der Waals surface area contributed by atoms with Crippen LogP contribution in [0.1, 0.15) is 22.3 Å². The Morgan fingerprint density at radius 1 is 0.818 bits per heavy atom. The first-order chi connectivity index (χ1) is 16.0. The van der Waals surface area contributed by atoms with Gasteiger partial charge in [0.2, 0.25) is 0 Å². The van der Waals surface area contributed by atoms with Gasteiger partial charge in [0.25, 0.3) is 0 Å². The molecule has 0 atom stereocenters. The van der Waals surface area contributed by atoms with Crippen molar-refractivity contribution in [2.45, 2.75) is 0 Å². The van der Waals surface area contributed by atoms with E-state index in [2.05, 4.69) is 4.98 Å². The summed E-state index contributed by atoms with van der Waals surface area (Å²) in [5.74, 6) is -3.95. The lowest BCUT2D eigenvalue weighted by atomic mass is 9.89. The van der Waals surface area contributed by atoms with Gasteiger partial charge in [0.1, 0.15) is 23.5 Å². The van der Waals surface area contributed by atoms with Gasteiger partial charge < -0.3 is 0 Å². The van der Waals surface area contributed by atoms with E-state index in [4.69, 9.17) is 0 Å². The van der Waals surface area contributed by atoms with Crippen molar-refractivity contribution in [3.8, 4) is 29.5 Å². The highest BCUT2D eigenvalue weighted by Crippen LogP contribution is 2.56. The average Bonchev–Trinajstić information content (AvgIpc) is 3.32. The van der Waals surface area contributed by atoms with E-state index in [0.717, 1.165) is 11.6 Å². The monoisotopic (exact) mass is 434 g/mol. The summed E-state index contributed by atoms with van der Waals surface area (Å²) in [6.45, 7) is 0. The predicted molar refractivity (Wildman–Crippen MR) is 114 cm³/mol. The molecule has 2 aliphatic carbocycles. The summed E-state index contributed by atoms with van der Waals surface area (Å²) in [5.41, 5.74) is 1.43. The number of nitriles is 3. The van der Waals surface area contributed by atoms with Crippen LogP contribution < -0.4 is 0 Å². The van der Waals surface area contributed by atoms with Crippen LogP contribution in [0.25, 0.3) is 28.0 Å². The summed E-state index contributed by atoms with van der Waals surface area (Å²) in [5, 5.41) is 28.8. The first-order valence-electron chi connectivity index (χ1n) is 9.66. The zero-order chi connectivity index (χ0) is 23.3. The number of benzene rings is 2. The van der Waals surface area contributed by atoms with Crippen molar-refractivity contribution >= 4 is 16.7 Å². The molecule has 33 heavy (non-hydrogen) atoms. The molecule has 0 fully saturated rings. The number of halogens is 3. The van der Waals surface area contributed by atoms with E-state index in [1.54, 1.807) is 48.7 Å². The van der Waals surface area contributed by atoms with Gasteiger partial charge in [0.15, 0.2) is 11.6 Å². The van der Waals surface area contributed by atoms with Crippen molar-refractivity contribution in [2.24, 2.45) is 0 Å². The molecule has 0 radical (unpaired) electrons. The van der Waals surface area contributed by atoms with Gasteiger partial charge in [-0.1, -0.05) is 30.3 Å². The van der Waals surface area contributed by atoms with Crippen molar-refractivity contribution in [1.29, 1.82) is 15.8 Å². The van der Waals surface area contributed by atoms with Crippen LogP contribution in [0.15, 0.2) is 65.9 Å². The van der Waals surface area contributed by atoms with E-state index >= 15 is 8.78 Å². The van der Waals surface area contributed by atoms with Crippen molar-refractivity contribution < 1.29 is 13.2 Å². The summed E-state index contributed by atoms with van der Waals surface area (Å²) >= 11 is 0. The smallest absolute Gasteiger partial charge is 0.167 e. The molecular formula is C26H9F3N4. The van der Waals surface area contributed by atoms with Gasteiger partial charge >= 0.3 is 0 Å². The van der Waals surface area contributed by atoms with E-state index < -0.39 is 34.2 Å². The zero-order valence-electron chi connectivity index (χ0n) is 16.6. The standard InChI is InChI=1S/C26H9F3N4/c27-18-10-19(28)25(29)23-16(7-8-30)22(20(24(18)23)13(11-31)12-32)21-14-4-1-2-5-15(14)26-17(21)6-3-9-33-26/h1-7,9-10H/b16-7-,22-21+. The number of hydrogen-bond donors (Lipinski definition) is 0. The Morgan fingerprint density at radius 3 is 2.21 bits per heavy atom. The Hall–Kier alpha value is -4.93. The molecule has 0 aliphatic heterocycles. The second-order valence-electron chi connectivity index (χ2n) is 7.26. The van der Waals surface area contributed by atoms with Crippen LogP contribution in [0, 0.1) is 51.4 Å². The van der Waals surface area contributed by atoms with Crippen molar-refractivity contribution in [3.05, 3.63) is 106 Å². The fourth-order valence-electron chi connectivity index (χ4n) is 4.48. The molecule has 7 heteroatoms. The van der Waals surface area contributed by atoms with Gasteiger partial charge in [-0.3, -0.25) is 4.98 Å². The predicted octanol–water partition coefficient (Wildman–Crippen LogP) is 5.70. The maximum atomic E-state index is 15.1. The number of aromatic nitrogens is 1. The molecule has 154 valence electrons. The highest BCUT2D eigenvalue weighted by atomic mass is 19.2. The number of rotatable bonds is 0. The molecule has 0 amide bonds. The Bertz CT molecular complexity index is 1560. The molecule has 5 rings (SSSR count). The van der Waals surface area contributed by atoms with Gasteiger partial charge in [-0.2, -0.15) is 15.8 Å². The summed E-state index contributed by atoms with van der Waals surface area (Å²) in [4.78, 5) is 4.43. The summed E-state index contributed by atoms with van der Waals surface area (Å²) in [6, 6.07) is 16.2. The lowest BCUT2D eigenvalue weighted by Crippen LogP contribution is -1.98. The van der Waals surface area contributed by atoms with E-state index in [-0.39, 0.29) is 16.7 Å². The third kappa shape index (κ3) is 2.65. The SMILES string of the molecule is N#C/C=C1/C(=C2/c3ccccc3-c3ncccc32)C(=C(C#N)C#N)c2c(F)cc(F)c(F)c21. The molecule has 3 aromatic rings. The van der Waals surface area contributed by atoms with Crippen LogP contribution in [0.2, 0.25) is 0 Å². The summed E-state index contributed by atoms with van der Waals surface area (Å²) in [7, 11) is 0. The van der Waals surface area contributed by atoms with E-state index in [9.17, 15) is 20.2 Å². The van der Waals surface area contributed by atoms with Crippen molar-refractivity contribution in [2.75, 3.05) is 0 Å². The number of allylic oxidation sites excluding steroid dienone is 5. The Labute approximate surface area is 186 Å². The van der Waals surface area contributed by atoms with Gasteiger partial charge in [-0.15, -0.1) is 0 Å². The fourth-order valence-corrected chi connectivity index (χ4v) is 4.48. The second-order valence-corrected chi connectivity index (χ2v) is 7.26. The molecule has 0 saturated carbocycles. The second kappa shape index (κ2) is 7.34. The van der Waals surface area contributed by atoms with Crippen LogP contribution in [-0.4, -0.2) is 4.98 Å². The lowest BCUT2D eigenvalue weighted by molar-refractivity contribution is 0.492. The first kappa shape index (κ1) is 20.0. The van der Waals surface area contributed by atoms with Crippen LogP contribution in [0.5, 0.6) is 0 Å². The largest absolute Gasteiger partial charge is 0.256 e. The molecule has 4 nitrogen and oxygen atoms in total. The Kier molecular flexibility index (Phi) is 4.45. The van der Waals surface area contributed by atoms with E-state index in [0.29, 0.717) is 28.5 Å². The summed E-state index contributed by atoms with van der Waals surface area (Å²) < 4.78 is 44.3. The number of hydrogen-bond acceptors (Lipinski definition) is 4. The number of nitrogens with zero attached hydrogens (tertiary/aromatic N) is 4. The van der Waals surface area contributed by atoms with E-state index in [1.807, 2.05) is 12.1 Å². The minimum atomic E-state index is -1.44. The molecule has 1 heterocycles. The first-order valence-corrected chi connectivity index (χ1v) is 9.66. The van der Waals surface area contributed by atoms with Crippen LogP contribution in [0.3, 0.4) is 0 Å². The van der Waals surface area contributed by atoms with E-state index in [1.165, 1.54) is 0 Å². The highest BCUT2D eigenvalue weighted by molar-refractivity contribution is 6.20. The van der Waals surface area contributed by atoms with Gasteiger partial charge in [0, 0.05) is 62.9 Å². The topological polar surface area (TPSA) is 84.3 Å². The van der Waals surface area contributed by atoms with Crippen LogP contribution in [-0.2, 0) is 0 Å². The molecule has 2 aliphatic rings. The van der Waals surface area contributed by atoms with Crippen molar-refractivity contribution in [1.82, 2.24) is 4.98 Å². The maximum absolute atomic E-state index is 15.1. The average molecular weight is 434 g/mol. The van der Waals surface area contributed by atoms with Gasteiger partial charge in [-0.05, 0) is 11.6 Å². The molecule has 0 bridgehead atoms. The molecular weight excluding hydrogens is 425 g/mol. The molecule has 2 aromatic carbocycles. The molecule has 0 saturated heterocycles.